The Morgan fingerprint density at radius 1 is 1.57 bits per heavy atom. The van der Waals surface area contributed by atoms with Crippen LogP contribution in [0.15, 0.2) is 0 Å². The van der Waals surface area contributed by atoms with Crippen LogP contribution in [0.25, 0.3) is 0 Å². The molecule has 0 aromatic carbocycles. The summed E-state index contributed by atoms with van der Waals surface area (Å²) in [4.78, 5) is 12.9. The van der Waals surface area contributed by atoms with E-state index < -0.39 is 10.1 Å². The smallest absolute Gasteiger partial charge is 0.264 e. The Labute approximate surface area is 84.2 Å². The van der Waals surface area contributed by atoms with Crippen molar-refractivity contribution in [3.63, 3.8) is 0 Å². The molecule has 82 valence electrons. The lowest BCUT2D eigenvalue weighted by atomic mass is 9.98. The van der Waals surface area contributed by atoms with Crippen molar-refractivity contribution >= 4 is 16.0 Å². The molecule has 6 heteroatoms. The Kier molecular flexibility index (Phi) is 3.49. The average molecular weight is 221 g/mol. The van der Waals surface area contributed by atoms with Gasteiger partial charge in [-0.3, -0.25) is 8.98 Å². The van der Waals surface area contributed by atoms with Gasteiger partial charge in [0.05, 0.1) is 12.9 Å². The van der Waals surface area contributed by atoms with Gasteiger partial charge in [-0.1, -0.05) is 0 Å². The minimum atomic E-state index is -3.38. The molecule has 1 aliphatic heterocycles. The molecule has 1 amide bonds. The van der Waals surface area contributed by atoms with Crippen LogP contribution in [0.2, 0.25) is 0 Å². The second-order valence-electron chi connectivity index (χ2n) is 3.66. The van der Waals surface area contributed by atoms with Gasteiger partial charge in [0, 0.05) is 20.0 Å². The van der Waals surface area contributed by atoms with Gasteiger partial charge < -0.3 is 4.90 Å². The van der Waals surface area contributed by atoms with Gasteiger partial charge in [0.25, 0.3) is 10.1 Å². The molecule has 1 heterocycles. The molecule has 0 saturated carbocycles. The fourth-order valence-electron chi connectivity index (χ4n) is 1.37. The average Bonchev–Trinajstić information content (AvgIpc) is 2.06. The molecule has 1 unspecified atom stereocenters. The van der Waals surface area contributed by atoms with Crippen LogP contribution in [0.5, 0.6) is 0 Å². The molecule has 1 atom stereocenters. The molecule has 0 N–H and O–H groups in total. The summed E-state index contributed by atoms with van der Waals surface area (Å²) in [7, 11) is -1.63. The van der Waals surface area contributed by atoms with Crippen molar-refractivity contribution in [3.05, 3.63) is 0 Å². The van der Waals surface area contributed by atoms with Gasteiger partial charge in [-0.25, -0.2) is 0 Å². The van der Waals surface area contributed by atoms with E-state index in [1.54, 1.807) is 11.9 Å². The van der Waals surface area contributed by atoms with Gasteiger partial charge in [-0.15, -0.1) is 0 Å². The first-order chi connectivity index (χ1) is 6.38. The maximum atomic E-state index is 11.2. The van der Waals surface area contributed by atoms with Crippen molar-refractivity contribution in [2.75, 3.05) is 26.5 Å². The Morgan fingerprint density at radius 2 is 2.21 bits per heavy atom. The van der Waals surface area contributed by atoms with Crippen molar-refractivity contribution in [2.24, 2.45) is 5.92 Å². The zero-order valence-electron chi connectivity index (χ0n) is 8.39. The van der Waals surface area contributed by atoms with E-state index in [1.807, 2.05) is 0 Å². The quantitative estimate of drug-likeness (QED) is 0.621. The highest BCUT2D eigenvalue weighted by Crippen LogP contribution is 2.17. The summed E-state index contributed by atoms with van der Waals surface area (Å²) in [6, 6.07) is 0. The van der Waals surface area contributed by atoms with E-state index in [4.69, 9.17) is 0 Å². The first-order valence-corrected chi connectivity index (χ1v) is 6.28. The summed E-state index contributed by atoms with van der Waals surface area (Å²) in [5.74, 6) is 0.0896. The molecule has 0 radical (unpaired) electrons. The molecule has 0 spiro atoms. The highest BCUT2D eigenvalue weighted by molar-refractivity contribution is 7.85. The number of hydrogen-bond donors (Lipinski definition) is 0. The summed E-state index contributed by atoms with van der Waals surface area (Å²) < 4.78 is 26.1. The summed E-state index contributed by atoms with van der Waals surface area (Å²) in [6.45, 7) is 0.801. The lowest BCUT2D eigenvalue weighted by Crippen LogP contribution is -2.37. The fraction of sp³-hybridized carbons (Fsp3) is 0.875. The molecule has 1 saturated heterocycles. The standard InChI is InChI=1S/C8H15NO4S/c1-9-4-3-7(5-8(9)10)6-13-14(2,11)12/h7H,3-6H2,1-2H3. The van der Waals surface area contributed by atoms with E-state index in [0.717, 1.165) is 12.7 Å². The van der Waals surface area contributed by atoms with Crippen LogP contribution in [0.4, 0.5) is 0 Å². The van der Waals surface area contributed by atoms with Gasteiger partial charge in [-0.05, 0) is 12.3 Å². The lowest BCUT2D eigenvalue weighted by Gasteiger charge is -2.28. The van der Waals surface area contributed by atoms with Gasteiger partial charge in [0.15, 0.2) is 0 Å². The highest BCUT2D eigenvalue weighted by atomic mass is 32.2. The first kappa shape index (κ1) is 11.5. The maximum absolute atomic E-state index is 11.2. The largest absolute Gasteiger partial charge is 0.346 e. The molecule has 1 aliphatic rings. The zero-order chi connectivity index (χ0) is 10.8. The second-order valence-corrected chi connectivity index (χ2v) is 5.31. The Balaban J connectivity index is 2.38. The molecule has 14 heavy (non-hydrogen) atoms. The zero-order valence-corrected chi connectivity index (χ0v) is 9.21. The fourth-order valence-corrected chi connectivity index (χ4v) is 1.81. The van der Waals surface area contributed by atoms with Gasteiger partial charge in [-0.2, -0.15) is 8.42 Å². The van der Waals surface area contributed by atoms with Crippen LogP contribution < -0.4 is 0 Å². The molecule has 0 bridgehead atoms. The van der Waals surface area contributed by atoms with Crippen LogP contribution in [-0.4, -0.2) is 45.7 Å². The first-order valence-electron chi connectivity index (χ1n) is 4.47. The van der Waals surface area contributed by atoms with Gasteiger partial charge in [0.1, 0.15) is 0 Å². The Morgan fingerprint density at radius 3 is 2.71 bits per heavy atom. The SMILES string of the molecule is CN1CCC(COS(C)(=O)=O)CC1=O. The minimum absolute atomic E-state index is 0.0356. The summed E-state index contributed by atoms with van der Waals surface area (Å²) in [5, 5.41) is 0. The van der Waals surface area contributed by atoms with Crippen molar-refractivity contribution < 1.29 is 17.4 Å². The number of nitrogens with zero attached hydrogens (tertiary/aromatic N) is 1. The predicted molar refractivity (Wildman–Crippen MR) is 51.2 cm³/mol. The highest BCUT2D eigenvalue weighted by Gasteiger charge is 2.24. The molecule has 0 aromatic rings. The number of carbonyl (C=O) groups is 1. The Bertz CT molecular complexity index is 311. The van der Waals surface area contributed by atoms with Gasteiger partial charge >= 0.3 is 0 Å². The van der Waals surface area contributed by atoms with Crippen LogP contribution in [0.1, 0.15) is 12.8 Å². The number of hydrogen-bond acceptors (Lipinski definition) is 4. The van der Waals surface area contributed by atoms with E-state index in [-0.39, 0.29) is 18.4 Å². The third kappa shape index (κ3) is 3.63. The maximum Gasteiger partial charge on any atom is 0.264 e. The molecular weight excluding hydrogens is 206 g/mol. The van der Waals surface area contributed by atoms with E-state index in [1.165, 1.54) is 0 Å². The monoisotopic (exact) mass is 221 g/mol. The topological polar surface area (TPSA) is 63.7 Å². The number of rotatable bonds is 3. The molecule has 0 aliphatic carbocycles. The van der Waals surface area contributed by atoms with Crippen molar-refractivity contribution in [3.8, 4) is 0 Å². The van der Waals surface area contributed by atoms with Crippen LogP contribution in [0, 0.1) is 5.92 Å². The molecular formula is C8H15NO4S. The summed E-state index contributed by atoms with van der Waals surface area (Å²) in [5.41, 5.74) is 0. The number of likely N-dealkylation sites (tertiary alicyclic amines) is 1. The molecule has 1 rings (SSSR count). The lowest BCUT2D eigenvalue weighted by molar-refractivity contribution is -0.133. The minimum Gasteiger partial charge on any atom is -0.346 e. The third-order valence-corrected chi connectivity index (χ3v) is 2.84. The normalized spacial score (nSPS) is 24.0. The van der Waals surface area contributed by atoms with Crippen molar-refractivity contribution in [2.45, 2.75) is 12.8 Å². The molecule has 1 fully saturated rings. The van der Waals surface area contributed by atoms with Crippen LogP contribution in [0.3, 0.4) is 0 Å². The molecule has 5 nitrogen and oxygen atoms in total. The number of piperidine rings is 1. The van der Waals surface area contributed by atoms with E-state index in [9.17, 15) is 13.2 Å². The third-order valence-electron chi connectivity index (χ3n) is 2.28. The summed E-state index contributed by atoms with van der Waals surface area (Å²) in [6.07, 6.45) is 2.20. The van der Waals surface area contributed by atoms with Gasteiger partial charge in [0.2, 0.25) is 5.91 Å². The van der Waals surface area contributed by atoms with Crippen LogP contribution in [-0.2, 0) is 19.1 Å². The Hall–Kier alpha value is -0.620. The summed E-state index contributed by atoms with van der Waals surface area (Å²) >= 11 is 0. The van der Waals surface area contributed by atoms with E-state index >= 15 is 0 Å². The number of amides is 1. The van der Waals surface area contributed by atoms with Crippen molar-refractivity contribution in [1.82, 2.24) is 4.90 Å². The number of carbonyl (C=O) groups excluding carboxylic acids is 1. The van der Waals surface area contributed by atoms with E-state index in [2.05, 4.69) is 4.18 Å². The van der Waals surface area contributed by atoms with Crippen molar-refractivity contribution in [1.29, 1.82) is 0 Å². The van der Waals surface area contributed by atoms with Crippen LogP contribution >= 0.6 is 0 Å². The molecule has 0 aromatic heterocycles. The van der Waals surface area contributed by atoms with E-state index in [0.29, 0.717) is 13.0 Å². The second kappa shape index (κ2) is 4.27. The predicted octanol–water partition coefficient (Wildman–Crippen LogP) is -0.169.